The van der Waals surface area contributed by atoms with Crippen LogP contribution in [-0.4, -0.2) is 30.6 Å². The second kappa shape index (κ2) is 6.08. The van der Waals surface area contributed by atoms with E-state index in [9.17, 15) is 18.7 Å². The van der Waals surface area contributed by atoms with E-state index in [4.69, 9.17) is 0 Å². The largest absolute Gasteiger partial charge is 0.386 e. The highest BCUT2D eigenvalue weighted by Crippen LogP contribution is 2.20. The van der Waals surface area contributed by atoms with E-state index in [1.54, 1.807) is 0 Å². The molecule has 4 nitrogen and oxygen atoms in total. The summed E-state index contributed by atoms with van der Waals surface area (Å²) in [6.45, 7) is 1.41. The van der Waals surface area contributed by atoms with E-state index in [0.717, 1.165) is 25.2 Å². The van der Waals surface area contributed by atoms with Crippen LogP contribution in [0.25, 0.3) is 0 Å². The third-order valence-electron chi connectivity index (χ3n) is 3.17. The molecule has 19 heavy (non-hydrogen) atoms. The molecule has 1 heterocycles. The first-order chi connectivity index (χ1) is 9.08. The number of nitrogens with one attached hydrogen (secondary N) is 2. The Morgan fingerprint density at radius 2 is 2.05 bits per heavy atom. The summed E-state index contributed by atoms with van der Waals surface area (Å²) in [5.74, 6) is -1.54. The van der Waals surface area contributed by atoms with Crippen molar-refractivity contribution in [1.29, 1.82) is 0 Å². The summed E-state index contributed by atoms with van der Waals surface area (Å²) in [6.07, 6.45) is -1.02. The van der Waals surface area contributed by atoms with Gasteiger partial charge in [0.15, 0.2) is 0 Å². The Hall–Kier alpha value is -1.53. The number of hydrogen-bond donors (Lipinski definition) is 3. The maximum atomic E-state index is 13.4. The number of aliphatic hydroxyl groups is 1. The number of halogens is 2. The Kier molecular flexibility index (Phi) is 4.44. The predicted octanol–water partition coefficient (Wildman–Crippen LogP) is 0.724. The zero-order valence-corrected chi connectivity index (χ0v) is 10.3. The molecule has 1 aromatic carbocycles. The minimum absolute atomic E-state index is 0.198. The Bertz CT molecular complexity index is 444. The van der Waals surface area contributed by atoms with Crippen molar-refractivity contribution >= 4 is 5.91 Å². The van der Waals surface area contributed by atoms with Crippen molar-refractivity contribution in [2.75, 3.05) is 19.6 Å². The molecule has 0 spiro atoms. The monoisotopic (exact) mass is 270 g/mol. The average molecular weight is 270 g/mol. The van der Waals surface area contributed by atoms with Gasteiger partial charge in [-0.2, -0.15) is 0 Å². The van der Waals surface area contributed by atoms with E-state index in [1.165, 1.54) is 6.07 Å². The maximum absolute atomic E-state index is 13.4. The summed E-state index contributed by atoms with van der Waals surface area (Å²) in [5.41, 5.74) is -0.409. The van der Waals surface area contributed by atoms with Gasteiger partial charge in [-0.05, 0) is 31.1 Å². The zero-order valence-electron chi connectivity index (χ0n) is 10.3. The molecule has 1 saturated heterocycles. The summed E-state index contributed by atoms with van der Waals surface area (Å²) in [4.78, 5) is 11.5. The Balaban J connectivity index is 1.86. The SMILES string of the molecule is O=C(CC1CNC1)NCC(O)c1c(F)cccc1F. The lowest BCUT2D eigenvalue weighted by molar-refractivity contribution is -0.122. The fourth-order valence-corrected chi connectivity index (χ4v) is 1.97. The van der Waals surface area contributed by atoms with Gasteiger partial charge in [0.25, 0.3) is 0 Å². The average Bonchev–Trinajstić information content (AvgIpc) is 2.31. The van der Waals surface area contributed by atoms with Crippen molar-refractivity contribution in [3.63, 3.8) is 0 Å². The normalized spacial score (nSPS) is 16.8. The highest BCUT2D eigenvalue weighted by Gasteiger charge is 2.22. The molecule has 1 aliphatic rings. The van der Waals surface area contributed by atoms with Crippen LogP contribution in [0.5, 0.6) is 0 Å². The third kappa shape index (κ3) is 3.48. The first-order valence-electron chi connectivity index (χ1n) is 6.17. The minimum Gasteiger partial charge on any atom is -0.386 e. The molecule has 104 valence electrons. The van der Waals surface area contributed by atoms with Crippen LogP contribution in [0.1, 0.15) is 18.1 Å². The lowest BCUT2D eigenvalue weighted by Gasteiger charge is -2.26. The van der Waals surface area contributed by atoms with Crippen LogP contribution in [0.15, 0.2) is 18.2 Å². The van der Waals surface area contributed by atoms with E-state index in [2.05, 4.69) is 10.6 Å². The smallest absolute Gasteiger partial charge is 0.220 e. The molecular weight excluding hydrogens is 254 g/mol. The van der Waals surface area contributed by atoms with E-state index in [1.807, 2.05) is 0 Å². The number of rotatable bonds is 5. The molecule has 1 aliphatic heterocycles. The molecule has 6 heteroatoms. The van der Waals surface area contributed by atoms with Crippen molar-refractivity contribution in [1.82, 2.24) is 10.6 Å². The fraction of sp³-hybridized carbons (Fsp3) is 0.462. The van der Waals surface area contributed by atoms with Gasteiger partial charge in [-0.3, -0.25) is 4.79 Å². The molecule has 0 radical (unpaired) electrons. The summed E-state index contributed by atoms with van der Waals surface area (Å²) in [7, 11) is 0. The van der Waals surface area contributed by atoms with Gasteiger partial charge in [-0.15, -0.1) is 0 Å². The first-order valence-corrected chi connectivity index (χ1v) is 6.17. The molecule has 1 fully saturated rings. The Morgan fingerprint density at radius 1 is 1.42 bits per heavy atom. The summed E-state index contributed by atoms with van der Waals surface area (Å²) in [5, 5.41) is 15.3. The van der Waals surface area contributed by atoms with Crippen LogP contribution in [-0.2, 0) is 4.79 Å². The van der Waals surface area contributed by atoms with Gasteiger partial charge >= 0.3 is 0 Å². The first kappa shape index (κ1) is 13.9. The van der Waals surface area contributed by atoms with Gasteiger partial charge in [0.2, 0.25) is 5.91 Å². The van der Waals surface area contributed by atoms with Gasteiger partial charge in [-0.25, -0.2) is 8.78 Å². The summed E-state index contributed by atoms with van der Waals surface area (Å²) in [6, 6.07) is 3.37. The van der Waals surface area contributed by atoms with Gasteiger partial charge < -0.3 is 15.7 Å². The Labute approximate surface area is 109 Å². The third-order valence-corrected chi connectivity index (χ3v) is 3.17. The van der Waals surface area contributed by atoms with Crippen LogP contribution in [0.4, 0.5) is 8.78 Å². The maximum Gasteiger partial charge on any atom is 0.220 e. The molecular formula is C13H16F2N2O2. The van der Waals surface area contributed by atoms with Crippen LogP contribution < -0.4 is 10.6 Å². The van der Waals surface area contributed by atoms with Gasteiger partial charge in [0.1, 0.15) is 17.7 Å². The van der Waals surface area contributed by atoms with E-state index >= 15 is 0 Å². The Morgan fingerprint density at radius 3 is 2.58 bits per heavy atom. The molecule has 1 amide bonds. The molecule has 0 bridgehead atoms. The van der Waals surface area contributed by atoms with Gasteiger partial charge in [0, 0.05) is 13.0 Å². The highest BCUT2D eigenvalue weighted by atomic mass is 19.1. The number of amides is 1. The number of carbonyl (C=O) groups is 1. The quantitative estimate of drug-likeness (QED) is 0.739. The van der Waals surface area contributed by atoms with Gasteiger partial charge in [0.05, 0.1) is 5.56 Å². The predicted molar refractivity (Wildman–Crippen MR) is 65.3 cm³/mol. The standard InChI is InChI=1S/C13H16F2N2O2/c14-9-2-1-3-10(15)13(9)11(18)7-17-12(19)4-8-5-16-6-8/h1-3,8,11,16,18H,4-7H2,(H,17,19). The van der Waals surface area contributed by atoms with Crippen LogP contribution in [0.3, 0.4) is 0 Å². The van der Waals surface area contributed by atoms with Gasteiger partial charge in [-0.1, -0.05) is 6.07 Å². The van der Waals surface area contributed by atoms with Crippen molar-refractivity contribution in [3.05, 3.63) is 35.4 Å². The zero-order chi connectivity index (χ0) is 13.8. The van der Waals surface area contributed by atoms with Crippen LogP contribution >= 0.6 is 0 Å². The molecule has 1 unspecified atom stereocenters. The van der Waals surface area contributed by atoms with E-state index in [-0.39, 0.29) is 12.5 Å². The van der Waals surface area contributed by atoms with Crippen LogP contribution in [0, 0.1) is 17.6 Å². The van der Waals surface area contributed by atoms with Crippen molar-refractivity contribution < 1.29 is 18.7 Å². The molecule has 0 aromatic heterocycles. The molecule has 0 aliphatic carbocycles. The number of carbonyl (C=O) groups excluding carboxylic acids is 1. The van der Waals surface area contributed by atoms with Crippen molar-refractivity contribution in [2.24, 2.45) is 5.92 Å². The number of benzene rings is 1. The molecule has 1 atom stereocenters. The number of aliphatic hydroxyl groups excluding tert-OH is 1. The lowest BCUT2D eigenvalue weighted by atomic mass is 9.99. The van der Waals surface area contributed by atoms with E-state index < -0.39 is 23.3 Å². The summed E-state index contributed by atoms with van der Waals surface area (Å²) >= 11 is 0. The molecule has 2 rings (SSSR count). The molecule has 0 saturated carbocycles. The second-order valence-corrected chi connectivity index (χ2v) is 4.68. The van der Waals surface area contributed by atoms with E-state index in [0.29, 0.717) is 12.3 Å². The highest BCUT2D eigenvalue weighted by molar-refractivity contribution is 5.76. The van der Waals surface area contributed by atoms with Crippen LogP contribution in [0.2, 0.25) is 0 Å². The molecule has 3 N–H and O–H groups in total. The number of hydrogen-bond acceptors (Lipinski definition) is 3. The topological polar surface area (TPSA) is 61.4 Å². The fourth-order valence-electron chi connectivity index (χ4n) is 1.97. The molecule has 1 aromatic rings. The van der Waals surface area contributed by atoms with Crippen molar-refractivity contribution in [2.45, 2.75) is 12.5 Å². The van der Waals surface area contributed by atoms with Crippen molar-refractivity contribution in [3.8, 4) is 0 Å². The minimum atomic E-state index is -1.38. The second-order valence-electron chi connectivity index (χ2n) is 4.68. The lowest BCUT2D eigenvalue weighted by Crippen LogP contribution is -2.44. The summed E-state index contributed by atoms with van der Waals surface area (Å²) < 4.78 is 26.8.